The largest absolute Gasteiger partial charge is 0.0886 e. The third-order valence-electron chi connectivity index (χ3n) is 4.09. The lowest BCUT2D eigenvalue weighted by atomic mass is 9.64. The van der Waals surface area contributed by atoms with Gasteiger partial charge in [0, 0.05) is 16.7 Å². The van der Waals surface area contributed by atoms with Crippen LogP contribution < -0.4 is 0 Å². The van der Waals surface area contributed by atoms with Crippen LogP contribution in [0, 0.1) is 0 Å². The Morgan fingerprint density at radius 3 is 1.76 bits per heavy atom. The summed E-state index contributed by atoms with van der Waals surface area (Å²) in [6, 6.07) is 17.6. The molecule has 0 aromatic heterocycles. The quantitative estimate of drug-likeness (QED) is 0.622. The Hall–Kier alpha value is -1.47. The highest BCUT2D eigenvalue weighted by molar-refractivity contribution is 7.80. The molecule has 0 saturated carbocycles. The minimum absolute atomic E-state index is 0.363. The van der Waals surface area contributed by atoms with Gasteiger partial charge in [0.1, 0.15) is 0 Å². The van der Waals surface area contributed by atoms with E-state index in [-0.39, 0.29) is 0 Å². The summed E-state index contributed by atoms with van der Waals surface area (Å²) in [4.78, 5) is 1.22. The van der Waals surface area contributed by atoms with Crippen molar-refractivity contribution in [3.63, 3.8) is 0 Å². The van der Waals surface area contributed by atoms with Gasteiger partial charge in [0.15, 0.2) is 0 Å². The molecule has 0 fully saturated rings. The van der Waals surface area contributed by atoms with Crippen molar-refractivity contribution in [3.8, 4) is 0 Å². The van der Waals surface area contributed by atoms with Gasteiger partial charge >= 0.3 is 0 Å². The molecular weight excluding hydrogens is 224 g/mol. The van der Waals surface area contributed by atoms with Gasteiger partial charge in [0.05, 0.1) is 0 Å². The maximum absolute atomic E-state index is 5.61. The third-order valence-corrected chi connectivity index (χ3v) is 4.49. The molecule has 17 heavy (non-hydrogen) atoms. The van der Waals surface area contributed by atoms with Crippen LogP contribution in [0.1, 0.15) is 40.5 Å². The fourth-order valence-electron chi connectivity index (χ4n) is 3.40. The van der Waals surface area contributed by atoms with Crippen LogP contribution in [0.15, 0.2) is 48.5 Å². The maximum Gasteiger partial charge on any atom is 0.0409 e. The molecule has 2 aromatic carbocycles. The second-order valence-corrected chi connectivity index (χ2v) is 5.44. The molecule has 0 amide bonds. The lowest BCUT2D eigenvalue weighted by Gasteiger charge is -2.40. The second-order valence-electron chi connectivity index (χ2n) is 4.91. The van der Waals surface area contributed by atoms with Crippen LogP contribution in [0.5, 0.6) is 0 Å². The summed E-state index contributed by atoms with van der Waals surface area (Å²) >= 11 is 5.61. The molecule has 2 aromatic rings. The summed E-state index contributed by atoms with van der Waals surface area (Å²) in [5.41, 5.74) is 5.86. The molecule has 0 heterocycles. The van der Waals surface area contributed by atoms with Crippen LogP contribution in [0.4, 0.5) is 0 Å². The summed E-state index contributed by atoms with van der Waals surface area (Å²) in [5.74, 6) is 0.863. The molecule has 0 N–H and O–H groups in total. The van der Waals surface area contributed by atoms with Crippen LogP contribution in [0.3, 0.4) is 0 Å². The van der Waals surface area contributed by atoms with Crippen molar-refractivity contribution in [2.45, 2.75) is 18.3 Å². The van der Waals surface area contributed by atoms with E-state index in [0.29, 0.717) is 11.8 Å². The molecule has 3 aliphatic rings. The number of hydrogen-bond acceptors (Lipinski definition) is 1. The first-order valence-electron chi connectivity index (χ1n) is 6.06. The maximum atomic E-state index is 5.61. The van der Waals surface area contributed by atoms with Gasteiger partial charge in [-0.25, -0.2) is 0 Å². The number of thiocarbonyl (C=S) groups is 1. The van der Waals surface area contributed by atoms with E-state index in [0.717, 1.165) is 6.42 Å². The van der Waals surface area contributed by atoms with E-state index < -0.39 is 0 Å². The summed E-state index contributed by atoms with van der Waals surface area (Å²) < 4.78 is 0. The van der Waals surface area contributed by atoms with Crippen LogP contribution in [0.2, 0.25) is 0 Å². The average Bonchev–Trinajstić information content (AvgIpc) is 2.39. The highest BCUT2D eigenvalue weighted by Crippen LogP contribution is 2.51. The zero-order chi connectivity index (χ0) is 11.4. The monoisotopic (exact) mass is 236 g/mol. The van der Waals surface area contributed by atoms with Gasteiger partial charge in [-0.15, -0.1) is 0 Å². The van der Waals surface area contributed by atoms with E-state index in [1.807, 2.05) is 0 Å². The predicted molar refractivity (Wildman–Crippen MR) is 73.8 cm³/mol. The van der Waals surface area contributed by atoms with E-state index in [2.05, 4.69) is 48.5 Å². The van der Waals surface area contributed by atoms with Crippen LogP contribution >= 0.6 is 12.2 Å². The topological polar surface area (TPSA) is 0 Å². The number of hydrogen-bond donors (Lipinski definition) is 0. The molecule has 0 unspecified atom stereocenters. The Balaban J connectivity index is 2.08. The molecule has 1 heteroatoms. The molecule has 3 aliphatic carbocycles. The number of benzene rings is 2. The summed E-state index contributed by atoms with van der Waals surface area (Å²) in [6.07, 6.45) is 1.05. The first-order valence-corrected chi connectivity index (χ1v) is 6.47. The Labute approximate surface area is 106 Å². The van der Waals surface area contributed by atoms with E-state index >= 15 is 0 Å². The van der Waals surface area contributed by atoms with Crippen LogP contribution in [-0.4, -0.2) is 4.86 Å². The van der Waals surface area contributed by atoms with Crippen molar-refractivity contribution in [2.75, 3.05) is 0 Å². The first kappa shape index (κ1) is 9.55. The van der Waals surface area contributed by atoms with Crippen molar-refractivity contribution in [1.29, 1.82) is 0 Å². The van der Waals surface area contributed by atoms with E-state index in [4.69, 9.17) is 12.2 Å². The Kier molecular flexibility index (Phi) is 1.84. The average molecular weight is 236 g/mol. The van der Waals surface area contributed by atoms with Crippen molar-refractivity contribution >= 4 is 17.1 Å². The molecule has 0 atom stereocenters. The Bertz CT molecular complexity index is 579. The summed E-state index contributed by atoms with van der Waals surface area (Å²) in [5, 5.41) is 0. The molecular formula is C16H12S. The summed E-state index contributed by atoms with van der Waals surface area (Å²) in [7, 11) is 0. The normalized spacial score (nSPS) is 24.4. The van der Waals surface area contributed by atoms with Gasteiger partial charge in [-0.05, 0) is 28.7 Å². The highest BCUT2D eigenvalue weighted by atomic mass is 32.1. The lowest BCUT2D eigenvalue weighted by Crippen LogP contribution is -2.31. The van der Waals surface area contributed by atoms with Gasteiger partial charge in [-0.3, -0.25) is 0 Å². The summed E-state index contributed by atoms with van der Waals surface area (Å²) in [6.45, 7) is 0. The fourth-order valence-corrected chi connectivity index (χ4v) is 3.82. The first-order chi connectivity index (χ1) is 8.36. The Morgan fingerprint density at radius 2 is 1.24 bits per heavy atom. The molecule has 0 nitrogen and oxygen atoms in total. The van der Waals surface area contributed by atoms with E-state index in [1.165, 1.54) is 27.1 Å². The molecule has 0 spiro atoms. The van der Waals surface area contributed by atoms with Gasteiger partial charge < -0.3 is 0 Å². The number of rotatable bonds is 0. The van der Waals surface area contributed by atoms with E-state index in [9.17, 15) is 0 Å². The second kappa shape index (κ2) is 3.27. The van der Waals surface area contributed by atoms with E-state index in [1.54, 1.807) is 0 Å². The predicted octanol–water partition coefficient (Wildman–Crippen LogP) is 4.04. The smallest absolute Gasteiger partial charge is 0.0409 e. The molecule has 0 saturated heterocycles. The van der Waals surface area contributed by atoms with Crippen LogP contribution in [-0.2, 0) is 0 Å². The molecule has 82 valence electrons. The molecule has 5 rings (SSSR count). The number of fused-ring (bicyclic) bond motifs is 1. The van der Waals surface area contributed by atoms with Crippen molar-refractivity contribution in [1.82, 2.24) is 0 Å². The van der Waals surface area contributed by atoms with Crippen LogP contribution in [0.25, 0.3) is 0 Å². The van der Waals surface area contributed by atoms with Crippen molar-refractivity contribution < 1.29 is 0 Å². The zero-order valence-corrected chi connectivity index (χ0v) is 10.2. The van der Waals surface area contributed by atoms with Gasteiger partial charge in [-0.2, -0.15) is 0 Å². The minimum Gasteiger partial charge on any atom is -0.0886 e. The van der Waals surface area contributed by atoms with Gasteiger partial charge in [-0.1, -0.05) is 60.7 Å². The highest BCUT2D eigenvalue weighted by Gasteiger charge is 2.39. The molecule has 2 bridgehead atoms. The van der Waals surface area contributed by atoms with Gasteiger partial charge in [0.2, 0.25) is 0 Å². The lowest BCUT2D eigenvalue weighted by molar-refractivity contribution is 0.730. The SMILES string of the molecule is S=C1CC2c3ccccc3C1c1ccccc12. The molecule has 0 radical (unpaired) electrons. The van der Waals surface area contributed by atoms with Crippen molar-refractivity contribution in [3.05, 3.63) is 70.8 Å². The zero-order valence-electron chi connectivity index (χ0n) is 9.39. The fraction of sp³-hybridized carbons (Fsp3) is 0.188. The molecule has 0 aliphatic heterocycles. The minimum atomic E-state index is 0.363. The van der Waals surface area contributed by atoms with Crippen molar-refractivity contribution in [2.24, 2.45) is 0 Å². The Morgan fingerprint density at radius 1 is 0.765 bits per heavy atom. The third kappa shape index (κ3) is 1.15. The standard InChI is InChI=1S/C16H12S/c17-15-9-14-10-5-1-3-7-12(10)16(15)13-8-4-2-6-11(13)14/h1-8,14,16H,9H2. The van der Waals surface area contributed by atoms with Gasteiger partial charge in [0.25, 0.3) is 0 Å².